The summed E-state index contributed by atoms with van der Waals surface area (Å²) in [6.07, 6.45) is 0.324. The van der Waals surface area contributed by atoms with Crippen LogP contribution in [0.3, 0.4) is 0 Å². The van der Waals surface area contributed by atoms with Gasteiger partial charge < -0.3 is 11.1 Å². The summed E-state index contributed by atoms with van der Waals surface area (Å²) in [5.41, 5.74) is 5.96. The summed E-state index contributed by atoms with van der Waals surface area (Å²) in [4.78, 5) is 53.2. The second kappa shape index (κ2) is 7.43. The molecule has 32 heavy (non-hydrogen) atoms. The van der Waals surface area contributed by atoms with Crippen LogP contribution in [0.25, 0.3) is 0 Å². The Balaban J connectivity index is 1.55. The van der Waals surface area contributed by atoms with Crippen molar-refractivity contribution in [3.8, 4) is 0 Å². The highest BCUT2D eigenvalue weighted by Gasteiger charge is 2.70. The number of amides is 4. The molecule has 0 aliphatic carbocycles. The SMILES string of the molecule is NC(=O)C[C@@H]1N[C@]2(C(=O)Nc3ccc(Cl)cc32)[C@@H]2C(=O)N(CCc3ccccc3)C(=O)[C@@H]12. The fourth-order valence-electron chi connectivity index (χ4n) is 5.33. The maximum Gasteiger partial charge on any atom is 0.250 e. The first kappa shape index (κ1) is 20.7. The maximum atomic E-state index is 13.6. The number of carbonyl (C=O) groups excluding carboxylic acids is 4. The van der Waals surface area contributed by atoms with E-state index in [-0.39, 0.29) is 13.0 Å². The molecule has 0 aromatic heterocycles. The van der Waals surface area contributed by atoms with Gasteiger partial charge in [0.05, 0.1) is 11.8 Å². The van der Waals surface area contributed by atoms with Crippen molar-refractivity contribution in [3.05, 3.63) is 64.7 Å². The molecule has 2 saturated heterocycles. The molecule has 9 heteroatoms. The van der Waals surface area contributed by atoms with Gasteiger partial charge in [0.2, 0.25) is 23.6 Å². The largest absolute Gasteiger partial charge is 0.370 e. The van der Waals surface area contributed by atoms with Crippen LogP contribution >= 0.6 is 11.6 Å². The van der Waals surface area contributed by atoms with Crippen molar-refractivity contribution in [2.24, 2.45) is 17.6 Å². The number of carbonyl (C=O) groups is 4. The first-order valence-corrected chi connectivity index (χ1v) is 10.8. The molecule has 0 bridgehead atoms. The highest BCUT2D eigenvalue weighted by molar-refractivity contribution is 6.31. The van der Waals surface area contributed by atoms with Crippen molar-refractivity contribution < 1.29 is 19.2 Å². The number of benzene rings is 2. The lowest BCUT2D eigenvalue weighted by molar-refractivity contribution is -0.142. The minimum absolute atomic E-state index is 0.169. The van der Waals surface area contributed by atoms with Crippen molar-refractivity contribution in [1.82, 2.24) is 10.2 Å². The highest BCUT2D eigenvalue weighted by Crippen LogP contribution is 2.53. The van der Waals surface area contributed by atoms with E-state index in [0.29, 0.717) is 22.7 Å². The van der Waals surface area contributed by atoms with Crippen LogP contribution in [0, 0.1) is 11.8 Å². The number of fused-ring (bicyclic) bond motifs is 4. The Morgan fingerprint density at radius 1 is 1.09 bits per heavy atom. The quantitative estimate of drug-likeness (QED) is 0.588. The van der Waals surface area contributed by atoms with E-state index < -0.39 is 47.0 Å². The predicted molar refractivity (Wildman–Crippen MR) is 116 cm³/mol. The van der Waals surface area contributed by atoms with Crippen molar-refractivity contribution in [2.45, 2.75) is 24.4 Å². The van der Waals surface area contributed by atoms with Crippen LogP contribution in [0.1, 0.15) is 17.5 Å². The van der Waals surface area contributed by atoms with Crippen LogP contribution < -0.4 is 16.4 Å². The fourth-order valence-corrected chi connectivity index (χ4v) is 5.50. The number of nitrogens with two attached hydrogens (primary N) is 1. The Morgan fingerprint density at radius 3 is 2.56 bits per heavy atom. The zero-order valence-corrected chi connectivity index (χ0v) is 17.8. The fraction of sp³-hybridized carbons (Fsp3) is 0.304. The third-order valence-corrected chi connectivity index (χ3v) is 6.89. The number of nitrogens with one attached hydrogen (secondary N) is 2. The lowest BCUT2D eigenvalue weighted by Crippen LogP contribution is -2.53. The molecule has 0 unspecified atom stereocenters. The van der Waals surface area contributed by atoms with Gasteiger partial charge in [0.1, 0.15) is 5.54 Å². The second-order valence-corrected chi connectivity index (χ2v) is 8.88. The molecule has 4 atom stereocenters. The Labute approximate surface area is 189 Å². The summed E-state index contributed by atoms with van der Waals surface area (Å²) in [7, 11) is 0. The third kappa shape index (κ3) is 2.94. The number of hydrogen-bond donors (Lipinski definition) is 3. The van der Waals surface area contributed by atoms with Gasteiger partial charge in [-0.2, -0.15) is 0 Å². The van der Waals surface area contributed by atoms with E-state index in [1.807, 2.05) is 30.3 Å². The van der Waals surface area contributed by atoms with E-state index in [9.17, 15) is 19.2 Å². The van der Waals surface area contributed by atoms with Crippen LogP contribution in [-0.2, 0) is 31.1 Å². The van der Waals surface area contributed by atoms with Gasteiger partial charge in [0.25, 0.3) is 0 Å². The van der Waals surface area contributed by atoms with E-state index in [2.05, 4.69) is 10.6 Å². The normalized spacial score (nSPS) is 28.2. The first-order chi connectivity index (χ1) is 15.3. The first-order valence-electron chi connectivity index (χ1n) is 10.4. The van der Waals surface area contributed by atoms with E-state index in [1.54, 1.807) is 18.2 Å². The van der Waals surface area contributed by atoms with Gasteiger partial charge in [-0.1, -0.05) is 41.9 Å². The molecule has 2 aromatic rings. The zero-order chi connectivity index (χ0) is 22.6. The minimum Gasteiger partial charge on any atom is -0.370 e. The molecule has 3 heterocycles. The van der Waals surface area contributed by atoms with Crippen LogP contribution in [0.15, 0.2) is 48.5 Å². The lowest BCUT2D eigenvalue weighted by atomic mass is 9.76. The van der Waals surface area contributed by atoms with Crippen molar-refractivity contribution in [3.63, 3.8) is 0 Å². The van der Waals surface area contributed by atoms with Crippen molar-refractivity contribution in [1.29, 1.82) is 0 Å². The number of likely N-dealkylation sites (tertiary alicyclic amines) is 1. The molecule has 2 aromatic carbocycles. The smallest absolute Gasteiger partial charge is 0.250 e. The lowest BCUT2D eigenvalue weighted by Gasteiger charge is -2.29. The number of imide groups is 1. The molecule has 5 rings (SSSR count). The van der Waals surface area contributed by atoms with Crippen molar-refractivity contribution in [2.75, 3.05) is 11.9 Å². The summed E-state index contributed by atoms with van der Waals surface area (Å²) in [5, 5.41) is 6.34. The summed E-state index contributed by atoms with van der Waals surface area (Å²) in [6.45, 7) is 0.193. The Kier molecular flexibility index (Phi) is 4.79. The molecule has 2 fully saturated rings. The van der Waals surface area contributed by atoms with Crippen LogP contribution in [0.5, 0.6) is 0 Å². The summed E-state index contributed by atoms with van der Waals surface area (Å²) in [5.74, 6) is -3.75. The average molecular weight is 453 g/mol. The van der Waals surface area contributed by atoms with E-state index in [0.717, 1.165) is 5.56 Å². The highest BCUT2D eigenvalue weighted by atomic mass is 35.5. The van der Waals surface area contributed by atoms with Gasteiger partial charge in [0.15, 0.2) is 0 Å². The predicted octanol–water partition coefficient (Wildman–Crippen LogP) is 1.18. The van der Waals surface area contributed by atoms with E-state index in [1.165, 1.54) is 4.90 Å². The summed E-state index contributed by atoms with van der Waals surface area (Å²) >= 11 is 6.20. The second-order valence-electron chi connectivity index (χ2n) is 8.44. The number of primary amides is 1. The molecule has 4 N–H and O–H groups in total. The van der Waals surface area contributed by atoms with Gasteiger partial charge in [-0.05, 0) is 30.2 Å². The number of rotatable bonds is 5. The zero-order valence-electron chi connectivity index (χ0n) is 17.0. The number of nitrogens with zero attached hydrogens (tertiary/aromatic N) is 1. The van der Waals surface area contributed by atoms with Gasteiger partial charge in [-0.25, -0.2) is 0 Å². The Bertz CT molecular complexity index is 1150. The molecule has 8 nitrogen and oxygen atoms in total. The van der Waals surface area contributed by atoms with Gasteiger partial charge in [0, 0.05) is 35.3 Å². The van der Waals surface area contributed by atoms with Gasteiger partial charge >= 0.3 is 0 Å². The molecule has 0 radical (unpaired) electrons. The molecular weight excluding hydrogens is 432 g/mol. The standard InChI is InChI=1S/C23H21ClN4O4/c24-13-6-7-15-14(10-13)23(22(32)26-15)19-18(16(27-23)11-17(25)29)20(30)28(21(19)31)9-8-12-4-2-1-3-5-12/h1-7,10,16,18-19,27H,8-9,11H2,(H2,25,29)(H,26,32)/t16-,18-,19-,23-/m0/s1. The molecule has 0 saturated carbocycles. The summed E-state index contributed by atoms with van der Waals surface area (Å²) in [6, 6.07) is 13.7. The third-order valence-electron chi connectivity index (χ3n) is 6.66. The Hall–Kier alpha value is -3.23. The van der Waals surface area contributed by atoms with Gasteiger partial charge in [-0.3, -0.25) is 29.4 Å². The molecular formula is C23H21ClN4O4. The van der Waals surface area contributed by atoms with Gasteiger partial charge in [-0.15, -0.1) is 0 Å². The molecule has 164 valence electrons. The van der Waals surface area contributed by atoms with Crippen molar-refractivity contribution >= 4 is 40.9 Å². The van der Waals surface area contributed by atoms with Crippen LogP contribution in [0.2, 0.25) is 5.02 Å². The molecule has 4 amide bonds. The van der Waals surface area contributed by atoms with E-state index in [4.69, 9.17) is 17.3 Å². The summed E-state index contributed by atoms with van der Waals surface area (Å²) < 4.78 is 0. The Morgan fingerprint density at radius 2 is 1.84 bits per heavy atom. The molecule has 1 spiro atoms. The number of anilines is 1. The topological polar surface area (TPSA) is 122 Å². The molecule has 3 aliphatic heterocycles. The average Bonchev–Trinajstić information content (AvgIpc) is 3.32. The van der Waals surface area contributed by atoms with E-state index >= 15 is 0 Å². The maximum absolute atomic E-state index is 13.6. The van der Waals surface area contributed by atoms with Crippen LogP contribution in [0.4, 0.5) is 5.69 Å². The van der Waals surface area contributed by atoms with Crippen LogP contribution in [-0.4, -0.2) is 41.1 Å². The monoisotopic (exact) mass is 452 g/mol. The minimum atomic E-state index is -1.49. The number of hydrogen-bond acceptors (Lipinski definition) is 5. The number of halogens is 1. The molecule has 3 aliphatic rings.